The molecule has 5 nitrogen and oxygen atoms in total. The maximum Gasteiger partial charge on any atom is 0.330 e. The van der Waals surface area contributed by atoms with E-state index in [1.165, 1.54) is 6.42 Å². The summed E-state index contributed by atoms with van der Waals surface area (Å²) in [5.74, 6) is -1.07. The maximum atomic E-state index is 11.8. The Morgan fingerprint density at radius 1 is 1.30 bits per heavy atom. The second-order valence-corrected chi connectivity index (χ2v) is 5.67. The molecule has 0 heterocycles. The molecular formula is C15H20N2O3. The summed E-state index contributed by atoms with van der Waals surface area (Å²) in [5, 5.41) is 14.5. The SMILES string of the molecule is CC1(CNC(=O)NC(C(=O)O)c2ccccc2)CCC1. The van der Waals surface area contributed by atoms with Gasteiger partial charge in [0, 0.05) is 6.54 Å². The molecule has 0 bridgehead atoms. The lowest BCUT2D eigenvalue weighted by atomic mass is 9.70. The van der Waals surface area contributed by atoms with E-state index in [-0.39, 0.29) is 5.41 Å². The van der Waals surface area contributed by atoms with E-state index in [0.29, 0.717) is 12.1 Å². The lowest BCUT2D eigenvalue weighted by molar-refractivity contribution is -0.139. The topological polar surface area (TPSA) is 78.4 Å². The predicted molar refractivity (Wildman–Crippen MR) is 75.3 cm³/mol. The fourth-order valence-electron chi connectivity index (χ4n) is 2.37. The Morgan fingerprint density at radius 2 is 1.95 bits per heavy atom. The van der Waals surface area contributed by atoms with Crippen molar-refractivity contribution in [3.8, 4) is 0 Å². The number of hydrogen-bond acceptors (Lipinski definition) is 2. The van der Waals surface area contributed by atoms with Gasteiger partial charge in [-0.1, -0.05) is 43.7 Å². The zero-order chi connectivity index (χ0) is 14.6. The average molecular weight is 276 g/mol. The number of carbonyl (C=O) groups is 2. The molecule has 1 aliphatic rings. The smallest absolute Gasteiger partial charge is 0.330 e. The lowest BCUT2D eigenvalue weighted by Crippen LogP contribution is -2.46. The summed E-state index contributed by atoms with van der Waals surface area (Å²) in [7, 11) is 0. The fourth-order valence-corrected chi connectivity index (χ4v) is 2.37. The number of rotatable bonds is 5. The Bertz CT molecular complexity index is 483. The lowest BCUT2D eigenvalue weighted by Gasteiger charge is -2.38. The van der Waals surface area contributed by atoms with E-state index >= 15 is 0 Å². The van der Waals surface area contributed by atoms with Gasteiger partial charge in [-0.25, -0.2) is 9.59 Å². The van der Waals surface area contributed by atoms with Crippen LogP contribution in [0.25, 0.3) is 0 Å². The van der Waals surface area contributed by atoms with Crippen LogP contribution in [0.4, 0.5) is 4.79 Å². The number of carboxylic acid groups (broad SMARTS) is 1. The number of aliphatic carboxylic acids is 1. The van der Waals surface area contributed by atoms with Crippen molar-refractivity contribution in [3.63, 3.8) is 0 Å². The molecule has 0 aromatic heterocycles. The Hall–Kier alpha value is -2.04. The number of amides is 2. The molecule has 2 rings (SSSR count). The Balaban J connectivity index is 1.91. The van der Waals surface area contributed by atoms with Crippen LogP contribution in [0.15, 0.2) is 30.3 Å². The van der Waals surface area contributed by atoms with Gasteiger partial charge in [-0.15, -0.1) is 0 Å². The number of benzene rings is 1. The molecule has 3 N–H and O–H groups in total. The van der Waals surface area contributed by atoms with Crippen LogP contribution in [-0.4, -0.2) is 23.7 Å². The van der Waals surface area contributed by atoms with Gasteiger partial charge in [0.05, 0.1) is 0 Å². The second kappa shape index (κ2) is 5.94. The Morgan fingerprint density at radius 3 is 2.45 bits per heavy atom. The molecule has 5 heteroatoms. The summed E-state index contributed by atoms with van der Waals surface area (Å²) in [6.45, 7) is 2.71. The Labute approximate surface area is 118 Å². The van der Waals surface area contributed by atoms with E-state index < -0.39 is 18.0 Å². The van der Waals surface area contributed by atoms with Crippen LogP contribution in [0, 0.1) is 5.41 Å². The van der Waals surface area contributed by atoms with E-state index in [4.69, 9.17) is 0 Å². The number of carbonyl (C=O) groups excluding carboxylic acids is 1. The first-order valence-electron chi connectivity index (χ1n) is 6.82. The molecule has 108 valence electrons. The molecule has 0 saturated heterocycles. The van der Waals surface area contributed by atoms with E-state index in [1.807, 2.05) is 0 Å². The zero-order valence-corrected chi connectivity index (χ0v) is 11.6. The molecule has 1 aliphatic carbocycles. The van der Waals surface area contributed by atoms with Crippen molar-refractivity contribution in [1.82, 2.24) is 10.6 Å². The Kier molecular flexibility index (Phi) is 4.27. The molecule has 20 heavy (non-hydrogen) atoms. The summed E-state index contributed by atoms with van der Waals surface area (Å²) in [4.78, 5) is 23.1. The van der Waals surface area contributed by atoms with Gasteiger partial charge in [0.2, 0.25) is 0 Å². The average Bonchev–Trinajstić information content (AvgIpc) is 2.41. The standard InChI is InChI=1S/C15H20N2O3/c1-15(8-5-9-15)10-16-14(20)17-12(13(18)19)11-6-3-2-4-7-11/h2-4,6-7,12H,5,8-10H2,1H3,(H,18,19)(H2,16,17,20). The highest BCUT2D eigenvalue weighted by Crippen LogP contribution is 2.39. The van der Waals surface area contributed by atoms with Crippen molar-refractivity contribution >= 4 is 12.0 Å². The minimum Gasteiger partial charge on any atom is -0.479 e. The minimum absolute atomic E-state index is 0.169. The van der Waals surface area contributed by atoms with Gasteiger partial charge >= 0.3 is 12.0 Å². The van der Waals surface area contributed by atoms with Crippen molar-refractivity contribution in [2.75, 3.05) is 6.54 Å². The summed E-state index contributed by atoms with van der Waals surface area (Å²) in [6, 6.07) is 7.22. The number of hydrogen-bond donors (Lipinski definition) is 3. The van der Waals surface area contributed by atoms with Crippen LogP contribution in [0.3, 0.4) is 0 Å². The second-order valence-electron chi connectivity index (χ2n) is 5.67. The third-order valence-corrected chi connectivity index (χ3v) is 3.89. The summed E-state index contributed by atoms with van der Waals surface area (Å²) in [6.07, 6.45) is 3.41. The summed E-state index contributed by atoms with van der Waals surface area (Å²) >= 11 is 0. The van der Waals surface area contributed by atoms with Gasteiger partial charge in [-0.3, -0.25) is 0 Å². The quantitative estimate of drug-likeness (QED) is 0.772. The van der Waals surface area contributed by atoms with Crippen molar-refractivity contribution in [3.05, 3.63) is 35.9 Å². The summed E-state index contributed by atoms with van der Waals surface area (Å²) in [5.41, 5.74) is 0.730. The van der Waals surface area contributed by atoms with E-state index in [2.05, 4.69) is 17.6 Å². The molecular weight excluding hydrogens is 256 g/mol. The molecule has 1 saturated carbocycles. The molecule has 0 spiro atoms. The highest BCUT2D eigenvalue weighted by Gasteiger charge is 2.32. The van der Waals surface area contributed by atoms with Gasteiger partial charge in [0.15, 0.2) is 6.04 Å². The number of nitrogens with one attached hydrogen (secondary N) is 2. The van der Waals surface area contributed by atoms with Gasteiger partial charge in [-0.05, 0) is 23.8 Å². The molecule has 0 aliphatic heterocycles. The number of urea groups is 1. The zero-order valence-electron chi connectivity index (χ0n) is 11.6. The van der Waals surface area contributed by atoms with Crippen LogP contribution < -0.4 is 10.6 Å². The van der Waals surface area contributed by atoms with Crippen LogP contribution in [0.2, 0.25) is 0 Å². The van der Waals surface area contributed by atoms with Gasteiger partial charge in [0.1, 0.15) is 0 Å². The van der Waals surface area contributed by atoms with Crippen LogP contribution in [0.1, 0.15) is 37.8 Å². The van der Waals surface area contributed by atoms with Crippen LogP contribution >= 0.6 is 0 Å². The molecule has 0 radical (unpaired) electrons. The third-order valence-electron chi connectivity index (χ3n) is 3.89. The van der Waals surface area contributed by atoms with Crippen LogP contribution in [0.5, 0.6) is 0 Å². The van der Waals surface area contributed by atoms with Crippen LogP contribution in [-0.2, 0) is 4.79 Å². The van der Waals surface area contributed by atoms with Gasteiger partial charge < -0.3 is 15.7 Å². The molecule has 1 aromatic rings. The van der Waals surface area contributed by atoms with Crippen molar-refractivity contribution in [2.45, 2.75) is 32.2 Å². The fraction of sp³-hybridized carbons (Fsp3) is 0.467. The summed E-state index contributed by atoms with van der Waals surface area (Å²) < 4.78 is 0. The van der Waals surface area contributed by atoms with E-state index in [1.54, 1.807) is 30.3 Å². The van der Waals surface area contributed by atoms with E-state index in [0.717, 1.165) is 12.8 Å². The highest BCUT2D eigenvalue weighted by molar-refractivity contribution is 5.83. The minimum atomic E-state index is -1.07. The first kappa shape index (κ1) is 14.4. The van der Waals surface area contributed by atoms with Gasteiger partial charge in [-0.2, -0.15) is 0 Å². The number of carboxylic acids is 1. The predicted octanol–water partition coefficient (Wildman–Crippen LogP) is 2.30. The van der Waals surface area contributed by atoms with Crippen molar-refractivity contribution < 1.29 is 14.7 Å². The molecule has 1 atom stereocenters. The van der Waals surface area contributed by atoms with E-state index in [9.17, 15) is 14.7 Å². The highest BCUT2D eigenvalue weighted by atomic mass is 16.4. The van der Waals surface area contributed by atoms with Gasteiger partial charge in [0.25, 0.3) is 0 Å². The first-order valence-corrected chi connectivity index (χ1v) is 6.82. The third kappa shape index (κ3) is 3.50. The largest absolute Gasteiger partial charge is 0.479 e. The van der Waals surface area contributed by atoms with Crippen molar-refractivity contribution in [2.24, 2.45) is 5.41 Å². The normalized spacial score (nSPS) is 17.6. The first-order chi connectivity index (χ1) is 9.50. The maximum absolute atomic E-state index is 11.8. The van der Waals surface area contributed by atoms with Crippen molar-refractivity contribution in [1.29, 1.82) is 0 Å². The molecule has 1 aromatic carbocycles. The monoisotopic (exact) mass is 276 g/mol. The molecule has 2 amide bonds. The molecule has 1 fully saturated rings. The molecule has 1 unspecified atom stereocenters.